The van der Waals surface area contributed by atoms with Crippen molar-refractivity contribution in [1.82, 2.24) is 14.5 Å². The highest BCUT2D eigenvalue weighted by atomic mass is 16.6. The Morgan fingerprint density at radius 2 is 2.26 bits per heavy atom. The van der Waals surface area contributed by atoms with E-state index >= 15 is 0 Å². The van der Waals surface area contributed by atoms with E-state index in [1.54, 1.807) is 17.7 Å². The maximum atomic E-state index is 11.5. The lowest BCUT2D eigenvalue weighted by Gasteiger charge is -2.31. The molecule has 146 valence electrons. The molecule has 3 heterocycles. The van der Waals surface area contributed by atoms with E-state index in [4.69, 9.17) is 9.47 Å². The average molecular weight is 379 g/mol. The number of ether oxygens (including phenoxy) is 2. The van der Waals surface area contributed by atoms with Gasteiger partial charge in [0.2, 0.25) is 5.91 Å². The Kier molecular flexibility index (Phi) is 5.20. The lowest BCUT2D eigenvalue weighted by Crippen LogP contribution is -2.46. The Balaban J connectivity index is 2.20. The molecule has 0 bridgehead atoms. The number of methoxy groups -OCH3 is 1. The number of aliphatic hydroxyl groups excluding tert-OH is 2. The molecule has 0 saturated carbocycles. The van der Waals surface area contributed by atoms with Crippen LogP contribution in [0.2, 0.25) is 0 Å². The summed E-state index contributed by atoms with van der Waals surface area (Å²) in [5, 5.41) is 26.0. The highest BCUT2D eigenvalue weighted by Gasteiger charge is 2.54. The normalized spacial score (nSPS) is 27.8. The summed E-state index contributed by atoms with van der Waals surface area (Å²) in [7, 11) is 1.43. The molecular weight excluding hydrogens is 358 g/mol. The summed E-state index contributed by atoms with van der Waals surface area (Å²) >= 11 is 0. The molecule has 4 atom stereocenters. The highest BCUT2D eigenvalue weighted by molar-refractivity contribution is 5.99. The molecule has 3 N–H and O–H groups in total. The maximum Gasteiger partial charge on any atom is 0.222 e. The summed E-state index contributed by atoms with van der Waals surface area (Å²) in [6.45, 7) is 2.42. The summed E-state index contributed by atoms with van der Waals surface area (Å²) in [4.78, 5) is 30.7. The van der Waals surface area contributed by atoms with Gasteiger partial charge in [-0.3, -0.25) is 4.79 Å². The van der Waals surface area contributed by atoms with Crippen LogP contribution in [0.3, 0.4) is 0 Å². The Bertz CT molecular complexity index is 870. The Morgan fingerprint density at radius 3 is 2.85 bits per heavy atom. The van der Waals surface area contributed by atoms with Crippen LogP contribution in [0.4, 0.5) is 5.82 Å². The van der Waals surface area contributed by atoms with Crippen LogP contribution in [-0.2, 0) is 20.8 Å². The molecule has 2 unspecified atom stereocenters. The third-order valence-corrected chi connectivity index (χ3v) is 4.82. The first-order chi connectivity index (χ1) is 12.9. The van der Waals surface area contributed by atoms with Crippen LogP contribution in [0.25, 0.3) is 11.0 Å². The molecular formula is C16H21N5O6. The van der Waals surface area contributed by atoms with E-state index in [1.807, 2.05) is 0 Å². The number of anilines is 1. The zero-order valence-electron chi connectivity index (χ0n) is 15.1. The minimum absolute atomic E-state index is 0.175. The lowest BCUT2D eigenvalue weighted by atomic mass is 9.96. The van der Waals surface area contributed by atoms with Crippen LogP contribution in [0.15, 0.2) is 17.7 Å². The molecule has 11 heteroatoms. The highest BCUT2D eigenvalue weighted by Crippen LogP contribution is 2.43. The van der Waals surface area contributed by atoms with Gasteiger partial charge in [0.25, 0.3) is 0 Å². The Morgan fingerprint density at radius 1 is 1.52 bits per heavy atom. The number of rotatable bonds is 6. The number of carbonyl (C=O) groups is 1. The smallest absolute Gasteiger partial charge is 0.222 e. The Hall–Kier alpha value is -2.47. The SMILES string of the molecule is CO[C@]1(C)C(O)C(CO)O[C@H]1n1cc(CN=O)c2c(NC(C)=O)ncnc21. The number of hydrogen-bond acceptors (Lipinski definition) is 9. The van der Waals surface area contributed by atoms with Crippen molar-refractivity contribution in [2.75, 3.05) is 19.0 Å². The van der Waals surface area contributed by atoms with Gasteiger partial charge in [0.05, 0.1) is 12.0 Å². The van der Waals surface area contributed by atoms with Crippen LogP contribution < -0.4 is 5.32 Å². The van der Waals surface area contributed by atoms with Crippen molar-refractivity contribution < 1.29 is 24.5 Å². The number of fused-ring (bicyclic) bond motifs is 1. The topological polar surface area (TPSA) is 148 Å². The summed E-state index contributed by atoms with van der Waals surface area (Å²) < 4.78 is 12.9. The van der Waals surface area contributed by atoms with E-state index in [0.717, 1.165) is 0 Å². The third-order valence-electron chi connectivity index (χ3n) is 4.82. The molecule has 1 fully saturated rings. The van der Waals surface area contributed by atoms with Gasteiger partial charge in [-0.1, -0.05) is 5.18 Å². The van der Waals surface area contributed by atoms with Crippen molar-refractivity contribution in [3.8, 4) is 0 Å². The predicted octanol–water partition coefficient (Wildman–Crippen LogP) is 0.312. The second-order valence-corrected chi connectivity index (χ2v) is 6.49. The molecule has 0 spiro atoms. The van der Waals surface area contributed by atoms with Crippen molar-refractivity contribution >= 4 is 22.8 Å². The van der Waals surface area contributed by atoms with Crippen molar-refractivity contribution in [3.05, 3.63) is 23.0 Å². The number of nitrogens with one attached hydrogen (secondary N) is 1. The van der Waals surface area contributed by atoms with E-state index in [9.17, 15) is 19.9 Å². The summed E-state index contributed by atoms with van der Waals surface area (Å²) in [5.41, 5.74) is -0.343. The molecule has 0 aromatic carbocycles. The van der Waals surface area contributed by atoms with Gasteiger partial charge in [-0.2, -0.15) is 4.91 Å². The van der Waals surface area contributed by atoms with E-state index in [1.165, 1.54) is 20.4 Å². The number of hydrogen-bond donors (Lipinski definition) is 3. The molecule has 1 aliphatic rings. The Labute approximate surface area is 154 Å². The van der Waals surface area contributed by atoms with E-state index in [0.29, 0.717) is 16.6 Å². The van der Waals surface area contributed by atoms with Gasteiger partial charge >= 0.3 is 0 Å². The molecule has 3 rings (SSSR count). The number of aliphatic hydroxyl groups is 2. The molecule has 2 aromatic rings. The van der Waals surface area contributed by atoms with E-state index in [-0.39, 0.29) is 18.3 Å². The van der Waals surface area contributed by atoms with Gasteiger partial charge in [-0.25, -0.2) is 9.97 Å². The lowest BCUT2D eigenvalue weighted by molar-refractivity contribution is -0.118. The van der Waals surface area contributed by atoms with E-state index in [2.05, 4.69) is 20.5 Å². The number of nitrogens with zero attached hydrogens (tertiary/aromatic N) is 4. The summed E-state index contributed by atoms with van der Waals surface area (Å²) in [6, 6.07) is 0. The van der Waals surface area contributed by atoms with Crippen molar-refractivity contribution in [1.29, 1.82) is 0 Å². The molecule has 11 nitrogen and oxygen atoms in total. The molecule has 1 saturated heterocycles. The fourth-order valence-corrected chi connectivity index (χ4v) is 3.39. The number of aromatic nitrogens is 3. The zero-order valence-corrected chi connectivity index (χ0v) is 15.1. The maximum absolute atomic E-state index is 11.5. The molecule has 1 aliphatic heterocycles. The average Bonchev–Trinajstić information content (AvgIpc) is 3.12. The first-order valence-electron chi connectivity index (χ1n) is 8.28. The molecule has 1 amide bonds. The summed E-state index contributed by atoms with van der Waals surface area (Å²) in [6.07, 6.45) is 0.0560. The van der Waals surface area contributed by atoms with E-state index < -0.39 is 30.6 Å². The van der Waals surface area contributed by atoms with Crippen molar-refractivity contribution in [2.24, 2.45) is 5.18 Å². The van der Waals surface area contributed by atoms with Crippen LogP contribution >= 0.6 is 0 Å². The first kappa shape index (κ1) is 19.3. The van der Waals surface area contributed by atoms with Gasteiger partial charge in [0.15, 0.2) is 6.23 Å². The second kappa shape index (κ2) is 7.27. The third kappa shape index (κ3) is 3.08. The van der Waals surface area contributed by atoms with Gasteiger partial charge in [0, 0.05) is 25.8 Å². The van der Waals surface area contributed by atoms with Gasteiger partial charge in [-0.05, 0) is 6.92 Å². The summed E-state index contributed by atoms with van der Waals surface area (Å²) in [5.74, 6) is -0.0938. The quantitative estimate of drug-likeness (QED) is 0.607. The van der Waals surface area contributed by atoms with Crippen LogP contribution in [-0.4, -0.2) is 62.2 Å². The molecule has 27 heavy (non-hydrogen) atoms. The molecule has 2 aromatic heterocycles. The second-order valence-electron chi connectivity index (χ2n) is 6.49. The largest absolute Gasteiger partial charge is 0.394 e. The minimum Gasteiger partial charge on any atom is -0.394 e. The monoisotopic (exact) mass is 379 g/mol. The van der Waals surface area contributed by atoms with Crippen LogP contribution in [0.5, 0.6) is 0 Å². The number of carbonyl (C=O) groups excluding carboxylic acids is 1. The van der Waals surface area contributed by atoms with Crippen molar-refractivity contribution in [2.45, 2.75) is 44.4 Å². The van der Waals surface area contributed by atoms with Gasteiger partial charge in [0.1, 0.15) is 42.1 Å². The predicted molar refractivity (Wildman–Crippen MR) is 93.7 cm³/mol. The van der Waals surface area contributed by atoms with Crippen LogP contribution in [0.1, 0.15) is 25.6 Å². The zero-order chi connectivity index (χ0) is 19.8. The number of nitroso groups, excluding NO2 is 1. The number of amides is 1. The van der Waals surface area contributed by atoms with Gasteiger partial charge < -0.3 is 29.6 Å². The standard InChI is InChI=1S/C16H21N5O6/c1-8(23)20-13-11-9(4-19-25)5-21(14(11)18-7-17-13)15-16(2,26-3)12(24)10(6-22)27-15/h5,7,10,12,15,22,24H,4,6H2,1-3H3,(H,17,18,20,23)/t10?,12?,15-,16-/m1/s1. The first-order valence-corrected chi connectivity index (χ1v) is 8.28. The molecule has 0 aliphatic carbocycles. The van der Waals surface area contributed by atoms with Crippen molar-refractivity contribution in [3.63, 3.8) is 0 Å². The minimum atomic E-state index is -1.19. The fraction of sp³-hybridized carbons (Fsp3) is 0.562. The molecule has 0 radical (unpaired) electrons. The van der Waals surface area contributed by atoms with Gasteiger partial charge in [-0.15, -0.1) is 0 Å². The fourth-order valence-electron chi connectivity index (χ4n) is 3.39. The van der Waals surface area contributed by atoms with Crippen LogP contribution in [0, 0.1) is 4.91 Å².